The van der Waals surface area contributed by atoms with Crippen LogP contribution in [0.4, 0.5) is 13.2 Å². The van der Waals surface area contributed by atoms with Crippen LogP contribution in [0.2, 0.25) is 0 Å². The highest BCUT2D eigenvalue weighted by atomic mass is 19.4. The molecule has 40 heavy (non-hydrogen) atoms. The average molecular weight is 550 g/mol. The van der Waals surface area contributed by atoms with E-state index in [-0.39, 0.29) is 41.7 Å². The quantitative estimate of drug-likeness (QED) is 0.260. The first-order valence-corrected chi connectivity index (χ1v) is 12.0. The summed E-state index contributed by atoms with van der Waals surface area (Å²) in [5.74, 6) is 0.792. The number of amides is 1. The number of hydrogen-bond acceptors (Lipinski definition) is 8. The fourth-order valence-corrected chi connectivity index (χ4v) is 3.95. The minimum Gasteiger partial charge on any atom is -0.494 e. The van der Waals surface area contributed by atoms with E-state index < -0.39 is 17.8 Å². The molecule has 5 aromatic rings. The zero-order valence-corrected chi connectivity index (χ0v) is 21.0. The summed E-state index contributed by atoms with van der Waals surface area (Å²) in [7, 11) is 1.33. The van der Waals surface area contributed by atoms with Crippen molar-refractivity contribution in [2.24, 2.45) is 5.73 Å². The molecule has 5 rings (SSSR count). The van der Waals surface area contributed by atoms with Crippen LogP contribution in [-0.2, 0) is 19.3 Å². The number of ether oxygens (including phenoxy) is 2. The number of halogens is 3. The molecule has 204 valence electrons. The van der Waals surface area contributed by atoms with E-state index in [0.29, 0.717) is 22.6 Å². The Morgan fingerprint density at radius 2 is 1.82 bits per heavy atom. The van der Waals surface area contributed by atoms with Crippen molar-refractivity contribution in [1.82, 2.24) is 20.3 Å². The molecule has 1 amide bonds. The second-order valence-electron chi connectivity index (χ2n) is 8.50. The molecular formula is C28H22F3N5O4. The summed E-state index contributed by atoms with van der Waals surface area (Å²) in [5, 5.41) is 3.08. The highest BCUT2D eigenvalue weighted by molar-refractivity contribution is 5.98. The standard InChI is InChI=1S/C28H22F3N5O4/c1-38-20-11-9-19(18-10-12-22(28(29,30)31)35-24(18)20)27-36-25(21(14-32)40-27)26(37)34-15-16-5-7-17(8-6-16)39-23-4-2-3-13-33-23/h2-13H,14-15,32H2,1H3,(H,34,37). The number of fused-ring (bicyclic) bond motifs is 1. The predicted octanol–water partition coefficient (Wildman–Crippen LogP) is 5.49. The van der Waals surface area contributed by atoms with E-state index in [4.69, 9.17) is 19.6 Å². The number of rotatable bonds is 8. The van der Waals surface area contributed by atoms with Crippen molar-refractivity contribution >= 4 is 16.8 Å². The summed E-state index contributed by atoms with van der Waals surface area (Å²) in [6, 6.07) is 17.6. The Labute approximate surface area is 225 Å². The van der Waals surface area contributed by atoms with Crippen molar-refractivity contribution in [3.05, 3.63) is 95.6 Å². The molecule has 12 heteroatoms. The predicted molar refractivity (Wildman–Crippen MR) is 139 cm³/mol. The van der Waals surface area contributed by atoms with Crippen molar-refractivity contribution in [3.8, 4) is 28.8 Å². The summed E-state index contributed by atoms with van der Waals surface area (Å²) in [4.78, 5) is 25.2. The first-order valence-electron chi connectivity index (χ1n) is 12.0. The molecule has 3 aromatic heterocycles. The molecule has 0 aliphatic carbocycles. The van der Waals surface area contributed by atoms with Crippen LogP contribution in [0.5, 0.6) is 17.4 Å². The Hall–Kier alpha value is -4.97. The van der Waals surface area contributed by atoms with Crippen molar-refractivity contribution in [2.75, 3.05) is 7.11 Å². The number of aromatic nitrogens is 3. The molecule has 0 fully saturated rings. The second kappa shape index (κ2) is 11.0. The van der Waals surface area contributed by atoms with Gasteiger partial charge in [0.1, 0.15) is 22.7 Å². The van der Waals surface area contributed by atoms with Crippen LogP contribution in [0.15, 0.2) is 77.3 Å². The van der Waals surface area contributed by atoms with Gasteiger partial charge < -0.3 is 24.9 Å². The summed E-state index contributed by atoms with van der Waals surface area (Å²) in [6.45, 7) is 0.0599. The Morgan fingerprint density at radius 3 is 2.50 bits per heavy atom. The molecule has 0 saturated heterocycles. The summed E-state index contributed by atoms with van der Waals surface area (Å²) in [5.41, 5.74) is 5.81. The largest absolute Gasteiger partial charge is 0.494 e. The van der Waals surface area contributed by atoms with Gasteiger partial charge in [0.2, 0.25) is 11.8 Å². The summed E-state index contributed by atoms with van der Waals surface area (Å²) in [6.07, 6.45) is -3.01. The third kappa shape index (κ3) is 5.57. The average Bonchev–Trinajstić information content (AvgIpc) is 3.40. The van der Waals surface area contributed by atoms with Crippen molar-refractivity contribution < 1.29 is 31.9 Å². The Morgan fingerprint density at radius 1 is 1.02 bits per heavy atom. The van der Waals surface area contributed by atoms with Gasteiger partial charge in [-0.1, -0.05) is 18.2 Å². The van der Waals surface area contributed by atoms with Crippen molar-refractivity contribution in [1.29, 1.82) is 0 Å². The van der Waals surface area contributed by atoms with E-state index >= 15 is 0 Å². The normalized spacial score (nSPS) is 11.4. The maximum Gasteiger partial charge on any atom is 0.433 e. The van der Waals surface area contributed by atoms with Gasteiger partial charge in [-0.15, -0.1) is 0 Å². The number of nitrogens with one attached hydrogen (secondary N) is 1. The zero-order valence-electron chi connectivity index (χ0n) is 21.0. The smallest absolute Gasteiger partial charge is 0.433 e. The summed E-state index contributed by atoms with van der Waals surface area (Å²) < 4.78 is 56.4. The van der Waals surface area contributed by atoms with Gasteiger partial charge in [-0.25, -0.2) is 15.0 Å². The SMILES string of the molecule is COc1ccc(-c2nc(C(=O)NCc3ccc(Oc4ccccn4)cc3)c(CN)o2)c2ccc(C(F)(F)F)nc12. The van der Waals surface area contributed by atoms with Crippen molar-refractivity contribution in [3.63, 3.8) is 0 Å². The summed E-state index contributed by atoms with van der Waals surface area (Å²) >= 11 is 0. The number of carbonyl (C=O) groups is 1. The van der Waals surface area contributed by atoms with Gasteiger partial charge >= 0.3 is 6.18 Å². The lowest BCUT2D eigenvalue weighted by molar-refractivity contribution is -0.140. The Kier molecular flexibility index (Phi) is 7.34. The fraction of sp³-hybridized carbons (Fsp3) is 0.143. The highest BCUT2D eigenvalue weighted by Crippen LogP contribution is 2.37. The number of benzene rings is 2. The molecule has 3 heterocycles. The van der Waals surface area contributed by atoms with Crippen LogP contribution in [0.1, 0.15) is 27.5 Å². The minimum atomic E-state index is -4.64. The van der Waals surface area contributed by atoms with E-state index in [1.54, 1.807) is 48.7 Å². The lowest BCUT2D eigenvalue weighted by Crippen LogP contribution is -2.24. The minimum absolute atomic E-state index is 0.0100. The molecule has 0 unspecified atom stereocenters. The molecule has 0 spiro atoms. The van der Waals surface area contributed by atoms with Crippen LogP contribution in [0.3, 0.4) is 0 Å². The van der Waals surface area contributed by atoms with Crippen LogP contribution >= 0.6 is 0 Å². The first kappa shape index (κ1) is 26.6. The van der Waals surface area contributed by atoms with Gasteiger partial charge in [0, 0.05) is 29.8 Å². The first-order chi connectivity index (χ1) is 19.3. The van der Waals surface area contributed by atoms with Gasteiger partial charge in [-0.05, 0) is 48.0 Å². The lowest BCUT2D eigenvalue weighted by Gasteiger charge is -2.11. The van der Waals surface area contributed by atoms with E-state index in [9.17, 15) is 18.0 Å². The van der Waals surface area contributed by atoms with E-state index in [1.807, 2.05) is 6.07 Å². The molecule has 0 aliphatic heterocycles. The lowest BCUT2D eigenvalue weighted by atomic mass is 10.1. The number of methoxy groups -OCH3 is 1. The number of oxazole rings is 1. The van der Waals surface area contributed by atoms with Crippen LogP contribution < -0.4 is 20.5 Å². The number of hydrogen-bond donors (Lipinski definition) is 2. The monoisotopic (exact) mass is 549 g/mol. The molecule has 9 nitrogen and oxygen atoms in total. The molecule has 0 aliphatic rings. The van der Waals surface area contributed by atoms with Crippen LogP contribution in [-0.4, -0.2) is 28.0 Å². The third-order valence-corrected chi connectivity index (χ3v) is 5.90. The van der Waals surface area contributed by atoms with Crippen molar-refractivity contribution in [2.45, 2.75) is 19.3 Å². The van der Waals surface area contributed by atoms with Gasteiger partial charge in [0.15, 0.2) is 11.5 Å². The van der Waals surface area contributed by atoms with Crippen LogP contribution in [0.25, 0.3) is 22.4 Å². The molecular weight excluding hydrogens is 527 g/mol. The topological polar surface area (TPSA) is 125 Å². The highest BCUT2D eigenvalue weighted by Gasteiger charge is 2.33. The van der Waals surface area contributed by atoms with Crippen LogP contribution in [0, 0.1) is 0 Å². The maximum absolute atomic E-state index is 13.3. The molecule has 0 atom stereocenters. The molecule has 3 N–H and O–H groups in total. The molecule has 0 saturated carbocycles. The number of pyridine rings is 2. The third-order valence-electron chi connectivity index (χ3n) is 5.90. The molecule has 2 aromatic carbocycles. The second-order valence-corrected chi connectivity index (χ2v) is 8.50. The van der Waals surface area contributed by atoms with Gasteiger partial charge in [-0.3, -0.25) is 4.79 Å². The molecule has 0 radical (unpaired) electrons. The van der Waals surface area contributed by atoms with E-state index in [2.05, 4.69) is 20.3 Å². The fourth-order valence-electron chi connectivity index (χ4n) is 3.95. The maximum atomic E-state index is 13.3. The number of nitrogens with two attached hydrogens (primary N) is 1. The van der Waals surface area contributed by atoms with E-state index in [1.165, 1.54) is 19.2 Å². The zero-order chi connectivity index (χ0) is 28.3. The van der Waals surface area contributed by atoms with Gasteiger partial charge in [0.25, 0.3) is 5.91 Å². The number of carbonyl (C=O) groups excluding carboxylic acids is 1. The molecule has 0 bridgehead atoms. The van der Waals surface area contributed by atoms with E-state index in [0.717, 1.165) is 11.6 Å². The van der Waals surface area contributed by atoms with Gasteiger partial charge in [0.05, 0.1) is 13.7 Å². The van der Waals surface area contributed by atoms with Gasteiger partial charge in [-0.2, -0.15) is 13.2 Å². The Bertz CT molecular complexity index is 1660. The number of nitrogens with zero attached hydrogens (tertiary/aromatic N) is 3. The number of alkyl halides is 3. The Balaban J connectivity index is 1.36.